The number of nitrogens with one attached hydrogen (secondary N) is 1. The summed E-state index contributed by atoms with van der Waals surface area (Å²) in [6.07, 6.45) is 0. The molecule has 0 fully saturated rings. The Bertz CT molecular complexity index is 1190. The van der Waals surface area contributed by atoms with Crippen LogP contribution in [0.15, 0.2) is 57.1 Å². The van der Waals surface area contributed by atoms with Crippen molar-refractivity contribution >= 4 is 39.9 Å². The molecule has 4 rings (SSSR count). The lowest BCUT2D eigenvalue weighted by atomic mass is 10.1. The molecule has 0 saturated heterocycles. The zero-order valence-corrected chi connectivity index (χ0v) is 15.8. The molecule has 0 aliphatic carbocycles. The summed E-state index contributed by atoms with van der Waals surface area (Å²) in [7, 11) is 1.66. The highest BCUT2D eigenvalue weighted by molar-refractivity contribution is 7.09. The first kappa shape index (κ1) is 17.5. The molecule has 6 nitrogen and oxygen atoms in total. The maximum absolute atomic E-state index is 12.2. The lowest BCUT2D eigenvalue weighted by molar-refractivity contribution is 0.0951. The average molecular weight is 400 g/mol. The summed E-state index contributed by atoms with van der Waals surface area (Å²) in [5.74, 6) is -0.582. The third-order valence-electron chi connectivity index (χ3n) is 4.15. The zero-order chi connectivity index (χ0) is 19.0. The molecule has 4 aromatic rings. The molecule has 0 aliphatic heterocycles. The first-order valence-corrected chi connectivity index (χ1v) is 9.35. The van der Waals surface area contributed by atoms with Crippen molar-refractivity contribution in [3.63, 3.8) is 0 Å². The van der Waals surface area contributed by atoms with Gasteiger partial charge in [0.15, 0.2) is 5.58 Å². The fourth-order valence-corrected chi connectivity index (χ4v) is 3.55. The first-order chi connectivity index (χ1) is 13.0. The van der Waals surface area contributed by atoms with Crippen LogP contribution in [-0.2, 0) is 13.6 Å². The van der Waals surface area contributed by atoms with Crippen LogP contribution in [0.4, 0.5) is 0 Å². The van der Waals surface area contributed by atoms with Gasteiger partial charge in [0.05, 0.1) is 17.8 Å². The number of hydrogen-bond acceptors (Lipinski definition) is 5. The van der Waals surface area contributed by atoms with Gasteiger partial charge in [0.2, 0.25) is 0 Å². The van der Waals surface area contributed by atoms with Crippen LogP contribution in [0.25, 0.3) is 22.4 Å². The summed E-state index contributed by atoms with van der Waals surface area (Å²) in [5.41, 5.74) is 3.41. The quantitative estimate of drug-likeness (QED) is 0.565. The van der Waals surface area contributed by atoms with Crippen molar-refractivity contribution in [3.8, 4) is 11.3 Å². The number of carbonyl (C=O) groups is 1. The SMILES string of the molecule is Cn1c(=O)oc2cc(-c3csc(CNC(=O)c4ccc(Cl)cc4)n3)ccc21. The Kier molecular flexibility index (Phi) is 4.55. The van der Waals surface area contributed by atoms with Gasteiger partial charge in [-0.25, -0.2) is 9.78 Å². The smallest absolute Gasteiger partial charge is 0.408 e. The Hall–Kier alpha value is -2.90. The van der Waals surface area contributed by atoms with Crippen molar-refractivity contribution in [2.24, 2.45) is 7.05 Å². The lowest BCUT2D eigenvalue weighted by Crippen LogP contribution is -2.22. The van der Waals surface area contributed by atoms with Crippen molar-refractivity contribution in [2.45, 2.75) is 6.54 Å². The van der Waals surface area contributed by atoms with E-state index in [9.17, 15) is 9.59 Å². The Morgan fingerprint density at radius 1 is 1.26 bits per heavy atom. The van der Waals surface area contributed by atoms with Crippen LogP contribution in [0.2, 0.25) is 5.02 Å². The van der Waals surface area contributed by atoms with Crippen molar-refractivity contribution in [2.75, 3.05) is 0 Å². The number of amides is 1. The molecule has 0 bridgehead atoms. The molecule has 1 amide bonds. The fourth-order valence-electron chi connectivity index (χ4n) is 2.68. The molecule has 0 aliphatic rings. The molecule has 8 heteroatoms. The number of aryl methyl sites for hydroxylation is 1. The van der Waals surface area contributed by atoms with E-state index in [1.54, 1.807) is 37.4 Å². The van der Waals surface area contributed by atoms with E-state index in [0.717, 1.165) is 21.8 Å². The van der Waals surface area contributed by atoms with Crippen LogP contribution in [0.3, 0.4) is 0 Å². The number of benzene rings is 2. The number of rotatable bonds is 4. The summed E-state index contributed by atoms with van der Waals surface area (Å²) in [4.78, 5) is 28.3. The van der Waals surface area contributed by atoms with E-state index in [-0.39, 0.29) is 5.91 Å². The average Bonchev–Trinajstić information content (AvgIpc) is 3.25. The lowest BCUT2D eigenvalue weighted by Gasteiger charge is -2.03. The van der Waals surface area contributed by atoms with Crippen molar-refractivity contribution in [3.05, 3.63) is 74.0 Å². The maximum Gasteiger partial charge on any atom is 0.419 e. The third-order valence-corrected chi connectivity index (χ3v) is 5.25. The van der Waals surface area contributed by atoms with Crippen LogP contribution < -0.4 is 11.1 Å². The van der Waals surface area contributed by atoms with E-state index in [1.165, 1.54) is 15.9 Å². The van der Waals surface area contributed by atoms with Gasteiger partial charge in [0.25, 0.3) is 5.91 Å². The highest BCUT2D eigenvalue weighted by Crippen LogP contribution is 2.25. The van der Waals surface area contributed by atoms with E-state index >= 15 is 0 Å². The minimum Gasteiger partial charge on any atom is -0.408 e. The van der Waals surface area contributed by atoms with Crippen molar-refractivity contribution in [1.82, 2.24) is 14.9 Å². The minimum absolute atomic E-state index is 0.184. The molecule has 0 spiro atoms. The van der Waals surface area contributed by atoms with E-state index in [0.29, 0.717) is 22.7 Å². The normalized spacial score (nSPS) is 11.0. The fraction of sp³-hybridized carbons (Fsp3) is 0.105. The van der Waals surface area contributed by atoms with Crippen molar-refractivity contribution < 1.29 is 9.21 Å². The summed E-state index contributed by atoms with van der Waals surface area (Å²) in [5, 5.41) is 6.12. The molecule has 2 aromatic heterocycles. The molecular formula is C19H14ClN3O3S. The van der Waals surface area contributed by atoms with Crippen LogP contribution in [0.1, 0.15) is 15.4 Å². The molecular weight excluding hydrogens is 386 g/mol. The molecule has 0 radical (unpaired) electrons. The molecule has 1 N–H and O–H groups in total. The zero-order valence-electron chi connectivity index (χ0n) is 14.2. The molecule has 0 atom stereocenters. The van der Waals surface area contributed by atoms with Gasteiger partial charge in [0.1, 0.15) is 5.01 Å². The van der Waals surface area contributed by atoms with Gasteiger partial charge >= 0.3 is 5.76 Å². The van der Waals surface area contributed by atoms with Gasteiger partial charge in [-0.15, -0.1) is 11.3 Å². The van der Waals surface area contributed by atoms with Gasteiger partial charge in [-0.2, -0.15) is 0 Å². The second-order valence-corrected chi connectivity index (χ2v) is 7.30. The van der Waals surface area contributed by atoms with Gasteiger partial charge < -0.3 is 9.73 Å². The molecule has 27 heavy (non-hydrogen) atoms. The van der Waals surface area contributed by atoms with Gasteiger partial charge in [-0.05, 0) is 36.4 Å². The van der Waals surface area contributed by atoms with E-state index < -0.39 is 5.76 Å². The Morgan fingerprint density at radius 2 is 2.04 bits per heavy atom. The van der Waals surface area contributed by atoms with Gasteiger partial charge in [-0.1, -0.05) is 17.7 Å². The monoisotopic (exact) mass is 399 g/mol. The summed E-state index contributed by atoms with van der Waals surface area (Å²) in [6.45, 7) is 0.328. The molecule has 0 unspecified atom stereocenters. The summed E-state index contributed by atoms with van der Waals surface area (Å²) in [6, 6.07) is 12.2. The number of fused-ring (bicyclic) bond motifs is 1. The van der Waals surface area contributed by atoms with Crippen LogP contribution in [0.5, 0.6) is 0 Å². The van der Waals surface area contributed by atoms with Crippen LogP contribution >= 0.6 is 22.9 Å². The Morgan fingerprint density at radius 3 is 2.81 bits per heavy atom. The minimum atomic E-state index is -0.397. The van der Waals surface area contributed by atoms with Gasteiger partial charge in [-0.3, -0.25) is 9.36 Å². The first-order valence-electron chi connectivity index (χ1n) is 8.09. The van der Waals surface area contributed by atoms with E-state index in [1.807, 2.05) is 17.5 Å². The second-order valence-electron chi connectivity index (χ2n) is 5.93. The van der Waals surface area contributed by atoms with E-state index in [4.69, 9.17) is 16.0 Å². The molecule has 136 valence electrons. The molecule has 0 saturated carbocycles. The Balaban J connectivity index is 1.49. The predicted molar refractivity (Wildman–Crippen MR) is 105 cm³/mol. The van der Waals surface area contributed by atoms with Crippen LogP contribution in [0, 0.1) is 0 Å². The van der Waals surface area contributed by atoms with E-state index in [2.05, 4.69) is 10.3 Å². The topological polar surface area (TPSA) is 77.1 Å². The third kappa shape index (κ3) is 3.51. The molecule has 2 aromatic carbocycles. The van der Waals surface area contributed by atoms with Crippen LogP contribution in [-0.4, -0.2) is 15.5 Å². The predicted octanol–water partition coefficient (Wildman–Crippen LogP) is 3.84. The molecule has 2 heterocycles. The number of thiazole rings is 1. The standard InChI is InChI=1S/C19H14ClN3O3S/c1-23-15-7-4-12(8-16(15)26-19(23)25)14-10-27-17(22-14)9-21-18(24)11-2-5-13(20)6-3-11/h2-8,10H,9H2,1H3,(H,21,24). The number of oxazole rings is 1. The number of carbonyl (C=O) groups excluding carboxylic acids is 1. The summed E-state index contributed by atoms with van der Waals surface area (Å²) >= 11 is 7.28. The number of aromatic nitrogens is 2. The number of nitrogens with zero attached hydrogens (tertiary/aromatic N) is 2. The maximum atomic E-state index is 12.2. The highest BCUT2D eigenvalue weighted by atomic mass is 35.5. The van der Waals surface area contributed by atoms with Gasteiger partial charge in [0, 0.05) is 28.6 Å². The Labute approximate surface area is 163 Å². The highest BCUT2D eigenvalue weighted by Gasteiger charge is 2.11. The van der Waals surface area contributed by atoms with Crippen molar-refractivity contribution in [1.29, 1.82) is 0 Å². The number of halogens is 1. The second kappa shape index (κ2) is 7.02. The number of hydrogen-bond donors (Lipinski definition) is 1. The summed E-state index contributed by atoms with van der Waals surface area (Å²) < 4.78 is 6.68. The largest absolute Gasteiger partial charge is 0.419 e.